The zero-order chi connectivity index (χ0) is 20.4. The molecule has 0 unspecified atom stereocenters. The summed E-state index contributed by atoms with van der Waals surface area (Å²) in [7, 11) is 1.34. The van der Waals surface area contributed by atoms with Crippen molar-refractivity contribution in [2.24, 2.45) is 0 Å². The average molecular weight is 425 g/mol. The zero-order valence-corrected chi connectivity index (χ0v) is 16.7. The Kier molecular flexibility index (Phi) is 5.34. The van der Waals surface area contributed by atoms with Gasteiger partial charge in [-0.15, -0.1) is 0 Å². The van der Waals surface area contributed by atoms with Gasteiger partial charge in [0.05, 0.1) is 28.6 Å². The maximum Gasteiger partial charge on any atom is 0.337 e. The number of carbonyl (C=O) groups excluding carboxylic acids is 1. The first-order valence-electron chi connectivity index (χ1n) is 8.63. The van der Waals surface area contributed by atoms with Crippen molar-refractivity contribution in [1.82, 2.24) is 9.97 Å². The number of halogens is 2. The Morgan fingerprint density at radius 2 is 1.69 bits per heavy atom. The molecule has 0 aliphatic heterocycles. The molecule has 0 atom stereocenters. The minimum absolute atomic E-state index is 0.377. The van der Waals surface area contributed by atoms with E-state index in [1.165, 1.54) is 7.11 Å². The Bertz CT molecular complexity index is 1210. The van der Waals surface area contributed by atoms with Gasteiger partial charge >= 0.3 is 5.97 Å². The molecule has 29 heavy (non-hydrogen) atoms. The maximum absolute atomic E-state index is 11.6. The molecule has 7 heteroatoms. The number of hydrogen-bond acceptors (Lipinski definition) is 5. The molecule has 3 aromatic carbocycles. The predicted octanol–water partition coefficient (Wildman–Crippen LogP) is 6.18. The van der Waals surface area contributed by atoms with Gasteiger partial charge in [0, 0.05) is 10.6 Å². The van der Waals surface area contributed by atoms with Crippen molar-refractivity contribution in [1.29, 1.82) is 0 Å². The fourth-order valence-electron chi connectivity index (χ4n) is 2.81. The number of hydrogen-bond donors (Lipinski definition) is 0. The third kappa shape index (κ3) is 4.01. The van der Waals surface area contributed by atoms with Crippen LogP contribution in [0.15, 0.2) is 66.7 Å². The molecule has 4 aromatic rings. The fourth-order valence-corrected chi connectivity index (χ4v) is 3.30. The molecule has 0 radical (unpaired) electrons. The molecule has 5 nitrogen and oxygen atoms in total. The number of aromatic nitrogens is 2. The van der Waals surface area contributed by atoms with Gasteiger partial charge in [-0.3, -0.25) is 0 Å². The zero-order valence-electron chi connectivity index (χ0n) is 15.2. The predicted molar refractivity (Wildman–Crippen MR) is 113 cm³/mol. The van der Waals surface area contributed by atoms with Crippen LogP contribution >= 0.6 is 23.2 Å². The summed E-state index contributed by atoms with van der Waals surface area (Å²) in [6, 6.07) is 19.3. The minimum Gasteiger partial charge on any atom is -0.465 e. The highest BCUT2D eigenvalue weighted by molar-refractivity contribution is 6.36. The summed E-state index contributed by atoms with van der Waals surface area (Å²) in [4.78, 5) is 20.8. The summed E-state index contributed by atoms with van der Waals surface area (Å²) in [5, 5.41) is 1.72. The van der Waals surface area contributed by atoms with Crippen molar-refractivity contribution in [3.63, 3.8) is 0 Å². The Morgan fingerprint density at radius 1 is 0.931 bits per heavy atom. The monoisotopic (exact) mass is 424 g/mol. The van der Waals surface area contributed by atoms with Crippen LogP contribution in [0.4, 0.5) is 0 Å². The van der Waals surface area contributed by atoms with E-state index in [2.05, 4.69) is 9.97 Å². The lowest BCUT2D eigenvalue weighted by Crippen LogP contribution is -2.01. The van der Waals surface area contributed by atoms with Gasteiger partial charge in [0.25, 0.3) is 0 Å². The molecule has 0 N–H and O–H groups in total. The van der Waals surface area contributed by atoms with E-state index in [0.717, 1.165) is 5.39 Å². The highest BCUT2D eigenvalue weighted by Crippen LogP contribution is 2.33. The smallest absolute Gasteiger partial charge is 0.337 e. The topological polar surface area (TPSA) is 61.3 Å². The minimum atomic E-state index is -0.413. The molecular weight excluding hydrogens is 411 g/mol. The van der Waals surface area contributed by atoms with E-state index in [-0.39, 0.29) is 0 Å². The Balaban J connectivity index is 1.78. The molecule has 0 spiro atoms. The number of methoxy groups -OCH3 is 1. The number of benzene rings is 3. The molecule has 144 valence electrons. The molecule has 1 aromatic heterocycles. The van der Waals surface area contributed by atoms with Crippen molar-refractivity contribution in [3.8, 4) is 23.0 Å². The van der Waals surface area contributed by atoms with Gasteiger partial charge in [-0.1, -0.05) is 35.3 Å². The van der Waals surface area contributed by atoms with Crippen LogP contribution in [0.5, 0.6) is 11.6 Å². The SMILES string of the molecule is COC(=O)c1ccc(Oc2nc(-c3ccc(Cl)cc3Cl)nc3ccccc23)cc1. The standard InChI is InChI=1S/C22H14Cl2N2O3/c1-28-22(27)13-6-9-15(10-7-13)29-21-17-4-2-3-5-19(17)25-20(26-21)16-11-8-14(23)12-18(16)24/h2-12H,1H3. The van der Waals surface area contributed by atoms with E-state index < -0.39 is 5.97 Å². The Hall–Kier alpha value is -3.15. The van der Waals surface area contributed by atoms with Crippen LogP contribution in [0.25, 0.3) is 22.3 Å². The largest absolute Gasteiger partial charge is 0.465 e. The third-order valence-electron chi connectivity index (χ3n) is 4.23. The molecule has 0 fully saturated rings. The van der Waals surface area contributed by atoms with Crippen LogP contribution in [0.2, 0.25) is 10.0 Å². The number of rotatable bonds is 4. The molecule has 0 aliphatic rings. The fraction of sp³-hybridized carbons (Fsp3) is 0.0455. The van der Waals surface area contributed by atoms with Crippen molar-refractivity contribution >= 4 is 40.1 Å². The Labute approximate surface area is 176 Å². The van der Waals surface area contributed by atoms with Gasteiger partial charge in [-0.05, 0) is 54.6 Å². The number of nitrogens with zero attached hydrogens (tertiary/aromatic N) is 2. The van der Waals surface area contributed by atoms with Crippen molar-refractivity contribution in [3.05, 3.63) is 82.3 Å². The van der Waals surface area contributed by atoms with Crippen molar-refractivity contribution in [2.75, 3.05) is 7.11 Å². The number of para-hydroxylation sites is 1. The van der Waals surface area contributed by atoms with Crippen LogP contribution in [0.1, 0.15) is 10.4 Å². The maximum atomic E-state index is 11.6. The van der Waals surface area contributed by atoms with Gasteiger partial charge in [-0.2, -0.15) is 4.98 Å². The van der Waals surface area contributed by atoms with Gasteiger partial charge in [0.1, 0.15) is 5.75 Å². The quantitative estimate of drug-likeness (QED) is 0.365. The summed E-state index contributed by atoms with van der Waals surface area (Å²) in [5.41, 5.74) is 1.79. The van der Waals surface area contributed by atoms with Crippen molar-refractivity contribution < 1.29 is 14.3 Å². The number of carbonyl (C=O) groups is 1. The van der Waals surface area contributed by atoms with Gasteiger partial charge < -0.3 is 9.47 Å². The number of ether oxygens (including phenoxy) is 2. The first-order valence-corrected chi connectivity index (χ1v) is 9.39. The molecule has 1 heterocycles. The van der Waals surface area contributed by atoms with E-state index in [1.807, 2.05) is 24.3 Å². The first kappa shape index (κ1) is 19.2. The lowest BCUT2D eigenvalue weighted by Gasteiger charge is -2.11. The van der Waals surface area contributed by atoms with E-state index in [4.69, 9.17) is 32.7 Å². The summed E-state index contributed by atoms with van der Waals surface area (Å²) >= 11 is 12.3. The molecule has 0 amide bonds. The van der Waals surface area contributed by atoms with Crippen LogP contribution in [0, 0.1) is 0 Å². The summed E-state index contributed by atoms with van der Waals surface area (Å²) in [5.74, 6) is 0.910. The normalized spacial score (nSPS) is 10.7. The van der Waals surface area contributed by atoms with E-state index in [0.29, 0.717) is 44.1 Å². The van der Waals surface area contributed by atoms with Gasteiger partial charge in [0.2, 0.25) is 5.88 Å². The van der Waals surface area contributed by atoms with Crippen LogP contribution in [0.3, 0.4) is 0 Å². The van der Waals surface area contributed by atoms with Gasteiger partial charge in [0.15, 0.2) is 5.82 Å². The van der Waals surface area contributed by atoms with Crippen molar-refractivity contribution in [2.45, 2.75) is 0 Å². The summed E-state index contributed by atoms with van der Waals surface area (Å²) in [6.07, 6.45) is 0. The molecule has 0 saturated carbocycles. The first-order chi connectivity index (χ1) is 14.0. The summed E-state index contributed by atoms with van der Waals surface area (Å²) in [6.45, 7) is 0. The molecular formula is C22H14Cl2N2O3. The third-order valence-corrected chi connectivity index (χ3v) is 4.78. The lowest BCUT2D eigenvalue weighted by molar-refractivity contribution is 0.0600. The molecule has 0 bridgehead atoms. The highest BCUT2D eigenvalue weighted by atomic mass is 35.5. The van der Waals surface area contributed by atoms with Crippen LogP contribution in [-0.2, 0) is 4.74 Å². The highest BCUT2D eigenvalue weighted by Gasteiger charge is 2.14. The molecule has 4 rings (SSSR count). The van der Waals surface area contributed by atoms with Crippen LogP contribution < -0.4 is 4.74 Å². The van der Waals surface area contributed by atoms with Gasteiger partial charge in [-0.25, -0.2) is 9.78 Å². The van der Waals surface area contributed by atoms with E-state index in [1.54, 1.807) is 42.5 Å². The number of esters is 1. The molecule has 0 saturated heterocycles. The van der Waals surface area contributed by atoms with E-state index in [9.17, 15) is 4.79 Å². The average Bonchev–Trinajstić information content (AvgIpc) is 2.73. The lowest BCUT2D eigenvalue weighted by atomic mass is 10.2. The summed E-state index contributed by atoms with van der Waals surface area (Å²) < 4.78 is 10.7. The Morgan fingerprint density at radius 3 is 2.41 bits per heavy atom. The molecule has 0 aliphatic carbocycles. The van der Waals surface area contributed by atoms with Crippen LogP contribution in [-0.4, -0.2) is 23.0 Å². The van der Waals surface area contributed by atoms with E-state index >= 15 is 0 Å². The second-order valence-corrected chi connectivity index (χ2v) is 6.96. The number of fused-ring (bicyclic) bond motifs is 1. The second-order valence-electron chi connectivity index (χ2n) is 6.11. The second kappa shape index (κ2) is 8.07.